The van der Waals surface area contributed by atoms with Crippen LogP contribution < -0.4 is 5.32 Å². The van der Waals surface area contributed by atoms with Gasteiger partial charge >= 0.3 is 0 Å². The Morgan fingerprint density at radius 3 is 3.09 bits per heavy atom. The van der Waals surface area contributed by atoms with Gasteiger partial charge in [-0.15, -0.1) is 0 Å². The van der Waals surface area contributed by atoms with Crippen LogP contribution in [0.15, 0.2) is 10.2 Å². The second-order valence-electron chi connectivity index (χ2n) is 2.76. The number of rotatable bonds is 3. The summed E-state index contributed by atoms with van der Waals surface area (Å²) in [4.78, 5) is 11.1. The summed E-state index contributed by atoms with van der Waals surface area (Å²) in [7, 11) is 0. The highest BCUT2D eigenvalue weighted by atomic mass is 127. The van der Waals surface area contributed by atoms with Gasteiger partial charge in [0.15, 0.2) is 5.78 Å². The van der Waals surface area contributed by atoms with Gasteiger partial charge in [-0.1, -0.05) is 22.6 Å². The minimum absolute atomic E-state index is 0.235. The van der Waals surface area contributed by atoms with E-state index in [9.17, 15) is 4.79 Å². The van der Waals surface area contributed by atoms with Crippen molar-refractivity contribution in [2.24, 2.45) is 0 Å². The van der Waals surface area contributed by atoms with Gasteiger partial charge in [0.2, 0.25) is 0 Å². The molecule has 3 heteroatoms. The van der Waals surface area contributed by atoms with Crippen molar-refractivity contribution in [1.82, 2.24) is 5.32 Å². The fraction of sp³-hybridized carbons (Fsp3) is 0.625. The zero-order valence-corrected chi connectivity index (χ0v) is 8.50. The molecule has 0 aromatic rings. The van der Waals surface area contributed by atoms with Crippen LogP contribution >= 0.6 is 22.6 Å². The first-order valence-electron chi connectivity index (χ1n) is 3.86. The maximum atomic E-state index is 11.1. The van der Waals surface area contributed by atoms with Gasteiger partial charge in [0.05, 0.1) is 0 Å². The van der Waals surface area contributed by atoms with Gasteiger partial charge in [0.1, 0.15) is 0 Å². The van der Waals surface area contributed by atoms with Crippen LogP contribution in [0.1, 0.15) is 19.3 Å². The lowest BCUT2D eigenvalue weighted by molar-refractivity contribution is -0.115. The SMILES string of the molecule is O=C(/C=C/I)C[C@@H]1CCCN1. The average molecular weight is 265 g/mol. The van der Waals surface area contributed by atoms with Gasteiger partial charge in [-0.25, -0.2) is 0 Å². The lowest BCUT2D eigenvalue weighted by Gasteiger charge is -2.05. The second-order valence-corrected chi connectivity index (χ2v) is 3.48. The minimum atomic E-state index is 0.235. The van der Waals surface area contributed by atoms with E-state index in [4.69, 9.17) is 0 Å². The molecule has 1 rings (SSSR count). The third-order valence-electron chi connectivity index (χ3n) is 1.86. The Hall–Kier alpha value is 0.1000. The van der Waals surface area contributed by atoms with E-state index in [1.165, 1.54) is 6.42 Å². The number of carbonyl (C=O) groups is 1. The molecule has 62 valence electrons. The van der Waals surface area contributed by atoms with Crippen LogP contribution in [0.5, 0.6) is 0 Å². The standard InChI is InChI=1S/C8H12INO/c9-4-3-8(11)6-7-2-1-5-10-7/h3-4,7,10H,1-2,5-6H2/b4-3+/t7-/m0/s1. The van der Waals surface area contributed by atoms with Crippen LogP contribution in [0.3, 0.4) is 0 Å². The normalized spacial score (nSPS) is 24.6. The number of allylic oxidation sites excluding steroid dienone is 1. The van der Waals surface area contributed by atoms with Gasteiger partial charge < -0.3 is 5.32 Å². The number of hydrogen-bond donors (Lipinski definition) is 1. The summed E-state index contributed by atoms with van der Waals surface area (Å²) >= 11 is 2.07. The van der Waals surface area contributed by atoms with E-state index in [-0.39, 0.29) is 5.78 Å². The Labute approximate surface area is 80.6 Å². The molecule has 1 saturated heterocycles. The van der Waals surface area contributed by atoms with Gasteiger partial charge in [-0.05, 0) is 29.5 Å². The molecule has 0 amide bonds. The fourth-order valence-electron chi connectivity index (χ4n) is 1.31. The molecule has 1 atom stereocenters. The Morgan fingerprint density at radius 2 is 2.55 bits per heavy atom. The van der Waals surface area contributed by atoms with E-state index in [2.05, 4.69) is 27.9 Å². The molecule has 1 N–H and O–H groups in total. The third-order valence-corrected chi connectivity index (χ3v) is 2.22. The molecular weight excluding hydrogens is 253 g/mol. The minimum Gasteiger partial charge on any atom is -0.314 e. The van der Waals surface area contributed by atoms with Crippen molar-refractivity contribution in [2.75, 3.05) is 6.54 Å². The molecule has 0 unspecified atom stereocenters. The highest BCUT2D eigenvalue weighted by Crippen LogP contribution is 2.09. The topological polar surface area (TPSA) is 29.1 Å². The van der Waals surface area contributed by atoms with Gasteiger partial charge in [0.25, 0.3) is 0 Å². The van der Waals surface area contributed by atoms with Crippen LogP contribution in [0.4, 0.5) is 0 Å². The first-order valence-corrected chi connectivity index (χ1v) is 5.10. The molecule has 0 radical (unpaired) electrons. The number of ketones is 1. The molecule has 1 heterocycles. The first kappa shape index (κ1) is 9.19. The van der Waals surface area contributed by atoms with E-state index in [1.807, 2.05) is 0 Å². The lowest BCUT2D eigenvalue weighted by atomic mass is 10.1. The van der Waals surface area contributed by atoms with E-state index < -0.39 is 0 Å². The van der Waals surface area contributed by atoms with E-state index >= 15 is 0 Å². The van der Waals surface area contributed by atoms with Gasteiger partial charge in [-0.3, -0.25) is 4.79 Å². The van der Waals surface area contributed by atoms with Crippen LogP contribution in [-0.2, 0) is 4.79 Å². The maximum absolute atomic E-state index is 11.1. The number of nitrogens with one attached hydrogen (secondary N) is 1. The molecule has 2 nitrogen and oxygen atoms in total. The summed E-state index contributed by atoms with van der Waals surface area (Å²) in [6, 6.07) is 0.440. The van der Waals surface area contributed by atoms with Crippen molar-refractivity contribution in [3.8, 4) is 0 Å². The van der Waals surface area contributed by atoms with E-state index in [0.29, 0.717) is 12.5 Å². The summed E-state index contributed by atoms with van der Waals surface area (Å²) in [5, 5.41) is 3.29. The summed E-state index contributed by atoms with van der Waals surface area (Å²) in [6.45, 7) is 1.08. The molecule has 0 aromatic heterocycles. The van der Waals surface area contributed by atoms with Crippen molar-refractivity contribution in [2.45, 2.75) is 25.3 Å². The fourth-order valence-corrected chi connectivity index (χ4v) is 1.71. The molecular formula is C8H12INO. The third kappa shape index (κ3) is 3.33. The van der Waals surface area contributed by atoms with E-state index in [0.717, 1.165) is 13.0 Å². The smallest absolute Gasteiger partial charge is 0.157 e. The Morgan fingerprint density at radius 1 is 1.73 bits per heavy atom. The second kappa shape index (κ2) is 4.87. The predicted molar refractivity (Wildman–Crippen MR) is 53.8 cm³/mol. The molecule has 0 spiro atoms. The molecule has 0 saturated carbocycles. The quantitative estimate of drug-likeness (QED) is 0.621. The van der Waals surface area contributed by atoms with Crippen molar-refractivity contribution >= 4 is 28.4 Å². The summed E-state index contributed by atoms with van der Waals surface area (Å²) < 4.78 is 1.77. The Balaban J connectivity index is 2.23. The summed E-state index contributed by atoms with van der Waals surface area (Å²) in [5.41, 5.74) is 0. The molecule has 0 bridgehead atoms. The molecule has 0 aliphatic carbocycles. The number of halogens is 1. The van der Waals surface area contributed by atoms with Crippen molar-refractivity contribution in [1.29, 1.82) is 0 Å². The monoisotopic (exact) mass is 265 g/mol. The molecule has 11 heavy (non-hydrogen) atoms. The summed E-state index contributed by atoms with van der Waals surface area (Å²) in [5.74, 6) is 0.235. The number of hydrogen-bond acceptors (Lipinski definition) is 2. The molecule has 1 fully saturated rings. The average Bonchev–Trinajstić information content (AvgIpc) is 2.40. The Kier molecular flexibility index (Phi) is 4.07. The van der Waals surface area contributed by atoms with Crippen molar-refractivity contribution in [3.05, 3.63) is 10.2 Å². The molecule has 0 aromatic carbocycles. The largest absolute Gasteiger partial charge is 0.314 e. The van der Waals surface area contributed by atoms with Gasteiger partial charge in [0, 0.05) is 12.5 Å². The van der Waals surface area contributed by atoms with Crippen LogP contribution in [0.25, 0.3) is 0 Å². The maximum Gasteiger partial charge on any atom is 0.157 e. The Bertz CT molecular complexity index is 161. The summed E-state index contributed by atoms with van der Waals surface area (Å²) in [6.07, 6.45) is 4.67. The van der Waals surface area contributed by atoms with E-state index in [1.54, 1.807) is 10.2 Å². The van der Waals surface area contributed by atoms with Crippen LogP contribution in [0.2, 0.25) is 0 Å². The molecule has 1 aliphatic rings. The van der Waals surface area contributed by atoms with Gasteiger partial charge in [-0.2, -0.15) is 0 Å². The molecule has 1 aliphatic heterocycles. The lowest BCUT2D eigenvalue weighted by Crippen LogP contribution is -2.23. The highest BCUT2D eigenvalue weighted by Gasteiger charge is 2.15. The predicted octanol–water partition coefficient (Wildman–Crippen LogP) is 1.65. The number of carbonyl (C=O) groups excluding carboxylic acids is 1. The van der Waals surface area contributed by atoms with Crippen molar-refractivity contribution in [3.63, 3.8) is 0 Å². The van der Waals surface area contributed by atoms with Crippen molar-refractivity contribution < 1.29 is 4.79 Å². The zero-order chi connectivity index (χ0) is 8.10. The zero-order valence-electron chi connectivity index (χ0n) is 6.35. The van der Waals surface area contributed by atoms with Crippen LogP contribution in [-0.4, -0.2) is 18.4 Å². The highest BCUT2D eigenvalue weighted by molar-refractivity contribution is 14.1. The first-order chi connectivity index (χ1) is 5.33. The van der Waals surface area contributed by atoms with Crippen LogP contribution in [0, 0.1) is 0 Å².